The molecule has 1 unspecified atom stereocenters. The van der Waals surface area contributed by atoms with Crippen LogP contribution in [0.1, 0.15) is 45.1 Å². The van der Waals surface area contributed by atoms with Crippen LogP contribution in [0.5, 0.6) is 0 Å². The van der Waals surface area contributed by atoms with E-state index in [0.29, 0.717) is 37.9 Å². The lowest BCUT2D eigenvalue weighted by atomic mass is 9.84. The predicted octanol–water partition coefficient (Wildman–Crippen LogP) is 6.27. The molecule has 0 aliphatic carbocycles. The Kier molecular flexibility index (Phi) is 9.45. The van der Waals surface area contributed by atoms with Crippen molar-refractivity contribution in [3.63, 3.8) is 0 Å². The Hall–Kier alpha value is -3.14. The van der Waals surface area contributed by atoms with E-state index >= 15 is 0 Å². The minimum absolute atomic E-state index is 0.00278. The maximum atomic E-state index is 14.3. The summed E-state index contributed by atoms with van der Waals surface area (Å²) >= 11 is 0. The molecule has 5 nitrogen and oxygen atoms in total. The van der Waals surface area contributed by atoms with Gasteiger partial charge in [0.25, 0.3) is 0 Å². The van der Waals surface area contributed by atoms with E-state index in [9.17, 15) is 13.6 Å². The normalized spacial score (nSPS) is 17.6. The van der Waals surface area contributed by atoms with E-state index in [0.717, 1.165) is 6.42 Å². The quantitative estimate of drug-likeness (QED) is 0.318. The third-order valence-corrected chi connectivity index (χ3v) is 5.70. The van der Waals surface area contributed by atoms with Gasteiger partial charge in [0.15, 0.2) is 0 Å². The summed E-state index contributed by atoms with van der Waals surface area (Å²) in [6.07, 6.45) is 5.21. The van der Waals surface area contributed by atoms with Gasteiger partial charge in [-0.05, 0) is 54.9 Å². The van der Waals surface area contributed by atoms with E-state index in [1.165, 1.54) is 24.4 Å². The minimum Gasteiger partial charge on any atom is -0.341 e. The number of benzene rings is 1. The van der Waals surface area contributed by atoms with Crippen LogP contribution in [0.4, 0.5) is 8.78 Å². The van der Waals surface area contributed by atoms with Crippen molar-refractivity contribution in [2.75, 3.05) is 13.1 Å². The summed E-state index contributed by atoms with van der Waals surface area (Å²) in [5.74, 6) is -1.29. The molecule has 0 saturated carbocycles. The van der Waals surface area contributed by atoms with Crippen molar-refractivity contribution in [3.8, 4) is 6.07 Å². The maximum absolute atomic E-state index is 14.3. The van der Waals surface area contributed by atoms with Gasteiger partial charge in [-0.3, -0.25) is 4.79 Å². The molecule has 2 rings (SSSR count). The summed E-state index contributed by atoms with van der Waals surface area (Å²) in [6.45, 7) is 12.8. The molecule has 0 aromatic heterocycles. The van der Waals surface area contributed by atoms with Gasteiger partial charge in [-0.25, -0.2) is 8.78 Å². The fourth-order valence-corrected chi connectivity index (χ4v) is 3.95. The van der Waals surface area contributed by atoms with Gasteiger partial charge in [-0.1, -0.05) is 33.1 Å². The summed E-state index contributed by atoms with van der Waals surface area (Å²) in [6, 6.07) is 5.84. The van der Waals surface area contributed by atoms with Gasteiger partial charge >= 0.3 is 0 Å². The van der Waals surface area contributed by atoms with Crippen LogP contribution < -0.4 is 0 Å². The summed E-state index contributed by atoms with van der Waals surface area (Å²) in [5, 5.41) is 16.6. The Balaban J connectivity index is 2.12. The number of rotatable bonds is 10. The molecule has 0 N–H and O–H groups in total. The van der Waals surface area contributed by atoms with Crippen LogP contribution in [0.2, 0.25) is 0 Å². The fourth-order valence-electron chi connectivity index (χ4n) is 3.95. The summed E-state index contributed by atoms with van der Waals surface area (Å²) < 4.78 is 28.7. The number of carbonyl (C=O) groups is 1. The van der Waals surface area contributed by atoms with Gasteiger partial charge in [0.05, 0.1) is 23.2 Å². The third kappa shape index (κ3) is 6.68. The zero-order chi connectivity index (χ0) is 23.7. The molecule has 1 aromatic rings. The number of amides is 1. The minimum atomic E-state index is -0.736. The highest BCUT2D eigenvalue weighted by atomic mass is 19.1. The molecule has 7 heteroatoms. The second kappa shape index (κ2) is 12.0. The van der Waals surface area contributed by atoms with Crippen molar-refractivity contribution < 1.29 is 13.6 Å². The number of azo groups is 1. The number of nitrogens with zero attached hydrogens (tertiary/aromatic N) is 4. The number of halogens is 2. The van der Waals surface area contributed by atoms with E-state index < -0.39 is 11.6 Å². The molecule has 1 fully saturated rings. The Morgan fingerprint density at radius 2 is 2.06 bits per heavy atom. The monoisotopic (exact) mass is 440 g/mol. The Morgan fingerprint density at radius 1 is 1.38 bits per heavy atom. The first-order valence-electron chi connectivity index (χ1n) is 10.8. The highest BCUT2D eigenvalue weighted by Gasteiger charge is 2.26. The van der Waals surface area contributed by atoms with Crippen molar-refractivity contribution in [2.45, 2.75) is 39.5 Å². The number of allylic oxidation sites excluding steroid dienone is 2. The van der Waals surface area contributed by atoms with Crippen molar-refractivity contribution in [2.24, 2.45) is 28.0 Å². The number of nitriles is 1. The number of likely N-dealkylation sites (tertiary alicyclic amines) is 1. The van der Waals surface area contributed by atoms with E-state index in [4.69, 9.17) is 5.26 Å². The van der Waals surface area contributed by atoms with E-state index in [-0.39, 0.29) is 34.9 Å². The van der Waals surface area contributed by atoms with Crippen LogP contribution in [-0.4, -0.2) is 23.9 Å². The lowest BCUT2D eigenvalue weighted by Crippen LogP contribution is -2.28. The van der Waals surface area contributed by atoms with Crippen LogP contribution in [0.3, 0.4) is 0 Å². The first kappa shape index (κ1) is 25.1. The van der Waals surface area contributed by atoms with Gasteiger partial charge in [0, 0.05) is 25.7 Å². The molecule has 1 saturated heterocycles. The predicted molar refractivity (Wildman–Crippen MR) is 121 cm³/mol. The smallest absolute Gasteiger partial charge is 0.222 e. The lowest BCUT2D eigenvalue weighted by Gasteiger charge is -2.23. The zero-order valence-corrected chi connectivity index (χ0v) is 18.7. The molecular formula is C25H30F2N4O. The highest BCUT2D eigenvalue weighted by Crippen LogP contribution is 2.31. The molecule has 32 heavy (non-hydrogen) atoms. The van der Waals surface area contributed by atoms with Crippen LogP contribution in [0.15, 0.2) is 59.4 Å². The maximum Gasteiger partial charge on any atom is 0.222 e. The third-order valence-electron chi connectivity index (χ3n) is 5.70. The molecule has 1 heterocycles. The van der Waals surface area contributed by atoms with Gasteiger partial charge in [0.1, 0.15) is 11.6 Å². The molecule has 170 valence electrons. The van der Waals surface area contributed by atoms with Gasteiger partial charge in [-0.15, -0.1) is 0 Å². The van der Waals surface area contributed by atoms with E-state index in [1.54, 1.807) is 11.0 Å². The second-order valence-electron chi connectivity index (χ2n) is 8.30. The van der Waals surface area contributed by atoms with Crippen molar-refractivity contribution in [1.82, 2.24) is 4.90 Å². The van der Waals surface area contributed by atoms with Crippen molar-refractivity contribution in [1.29, 1.82) is 5.26 Å². The zero-order valence-electron chi connectivity index (χ0n) is 18.7. The van der Waals surface area contributed by atoms with Crippen molar-refractivity contribution >= 4 is 11.6 Å². The fraction of sp³-hybridized carbons (Fsp3) is 0.440. The molecule has 2 atom stereocenters. The molecule has 0 radical (unpaired) electrons. The van der Waals surface area contributed by atoms with Crippen LogP contribution >= 0.6 is 0 Å². The Bertz CT molecular complexity index is 926. The summed E-state index contributed by atoms with van der Waals surface area (Å²) in [5.41, 5.74) is 0.434. The first-order chi connectivity index (χ1) is 15.3. The van der Waals surface area contributed by atoms with Crippen molar-refractivity contribution in [3.05, 3.63) is 66.4 Å². The SMILES string of the molecule is C=CN=N/C(=C\C(=C)[C@@H](CCCC(=O)N1CCC(C#N)C1)C(C)C)c1c(F)cccc1F. The van der Waals surface area contributed by atoms with Gasteiger partial charge in [-0.2, -0.15) is 15.5 Å². The van der Waals surface area contributed by atoms with Crippen LogP contribution in [0.25, 0.3) is 5.70 Å². The van der Waals surface area contributed by atoms with Gasteiger partial charge in [0.2, 0.25) is 5.91 Å². The molecule has 0 spiro atoms. The second-order valence-corrected chi connectivity index (χ2v) is 8.30. The Morgan fingerprint density at radius 3 is 2.62 bits per heavy atom. The number of hydrogen-bond acceptors (Lipinski definition) is 4. The molecule has 1 aliphatic heterocycles. The largest absolute Gasteiger partial charge is 0.341 e. The molecular weight excluding hydrogens is 410 g/mol. The van der Waals surface area contributed by atoms with Crippen LogP contribution in [0, 0.1) is 40.7 Å². The molecule has 1 aliphatic rings. The summed E-state index contributed by atoms with van der Waals surface area (Å²) in [4.78, 5) is 14.2. The first-order valence-corrected chi connectivity index (χ1v) is 10.8. The molecule has 1 aromatic carbocycles. The number of carbonyl (C=O) groups excluding carboxylic acids is 1. The number of hydrogen-bond donors (Lipinski definition) is 0. The topological polar surface area (TPSA) is 68.8 Å². The van der Waals surface area contributed by atoms with E-state index in [2.05, 4.69) is 29.5 Å². The lowest BCUT2D eigenvalue weighted by molar-refractivity contribution is -0.130. The summed E-state index contributed by atoms with van der Waals surface area (Å²) in [7, 11) is 0. The Labute approximate surface area is 188 Å². The van der Waals surface area contributed by atoms with Gasteiger partial charge < -0.3 is 4.90 Å². The average molecular weight is 441 g/mol. The standard InChI is InChI=1S/C25H30F2N4O/c1-5-29-30-23(25-21(26)9-7-10-22(25)27)14-18(4)20(17(2)3)8-6-11-24(32)31-13-12-19(15-28)16-31/h5,7,9-10,14,17,19-20H,1,4,6,8,11-13,16H2,2-3H3/b23-14-,30-29?/t19?,20-/m0/s1. The molecule has 0 bridgehead atoms. The van der Waals surface area contributed by atoms with Crippen LogP contribution in [-0.2, 0) is 4.79 Å². The molecule has 1 amide bonds. The highest BCUT2D eigenvalue weighted by molar-refractivity contribution is 5.76. The average Bonchev–Trinajstić information content (AvgIpc) is 3.23. The van der Waals surface area contributed by atoms with E-state index in [1.807, 2.05) is 13.8 Å².